The van der Waals surface area contributed by atoms with E-state index in [2.05, 4.69) is 0 Å². The van der Waals surface area contributed by atoms with Gasteiger partial charge in [-0.3, -0.25) is 13.9 Å². The van der Waals surface area contributed by atoms with Gasteiger partial charge in [0.15, 0.2) is 0 Å². The summed E-state index contributed by atoms with van der Waals surface area (Å²) in [4.78, 5) is 25.2. The van der Waals surface area contributed by atoms with Gasteiger partial charge in [0, 0.05) is 24.7 Å². The van der Waals surface area contributed by atoms with Gasteiger partial charge in [0.1, 0.15) is 0 Å². The largest absolute Gasteiger partial charge is 0.481 e. The molecule has 1 aromatic carbocycles. The lowest BCUT2D eigenvalue weighted by Crippen LogP contribution is -2.34. The van der Waals surface area contributed by atoms with Gasteiger partial charge in [0.2, 0.25) is 10.0 Å². The summed E-state index contributed by atoms with van der Waals surface area (Å²) >= 11 is 0. The van der Waals surface area contributed by atoms with Crippen molar-refractivity contribution < 1.29 is 23.1 Å². The van der Waals surface area contributed by atoms with Crippen LogP contribution in [0.2, 0.25) is 0 Å². The predicted molar refractivity (Wildman–Crippen MR) is 88.6 cm³/mol. The van der Waals surface area contributed by atoms with Crippen LogP contribution in [0.15, 0.2) is 18.2 Å². The van der Waals surface area contributed by atoms with E-state index in [-0.39, 0.29) is 18.5 Å². The zero-order chi connectivity index (χ0) is 17.6. The molecular formula is C16H20N2O5S. The van der Waals surface area contributed by atoms with Gasteiger partial charge in [0.25, 0.3) is 5.91 Å². The Morgan fingerprint density at radius 1 is 1.29 bits per heavy atom. The fraction of sp³-hybridized carbons (Fsp3) is 0.500. The molecule has 7 nitrogen and oxygen atoms in total. The summed E-state index contributed by atoms with van der Waals surface area (Å²) in [6.07, 6.45) is 2.19. The van der Waals surface area contributed by atoms with E-state index in [1.807, 2.05) is 6.92 Å². The summed E-state index contributed by atoms with van der Waals surface area (Å²) in [5, 5.41) is 9.04. The number of carboxylic acid groups (broad SMARTS) is 1. The maximum Gasteiger partial charge on any atom is 0.308 e. The Balaban J connectivity index is 1.84. The average Bonchev–Trinajstić information content (AvgIpc) is 3.08. The molecular weight excluding hydrogens is 332 g/mol. The number of amides is 1. The van der Waals surface area contributed by atoms with E-state index in [0.29, 0.717) is 30.6 Å². The zero-order valence-electron chi connectivity index (χ0n) is 13.6. The van der Waals surface area contributed by atoms with Crippen molar-refractivity contribution >= 4 is 27.6 Å². The second kappa shape index (κ2) is 5.77. The molecule has 1 fully saturated rings. The van der Waals surface area contributed by atoms with Gasteiger partial charge < -0.3 is 10.0 Å². The first-order chi connectivity index (χ1) is 11.2. The van der Waals surface area contributed by atoms with Gasteiger partial charge >= 0.3 is 5.97 Å². The molecule has 2 atom stereocenters. The molecule has 2 aliphatic heterocycles. The summed E-state index contributed by atoms with van der Waals surface area (Å²) < 4.78 is 25.2. The van der Waals surface area contributed by atoms with Gasteiger partial charge in [-0.15, -0.1) is 0 Å². The van der Waals surface area contributed by atoms with Crippen molar-refractivity contribution in [3.8, 4) is 0 Å². The Bertz CT molecular complexity index is 805. The molecule has 1 aromatic rings. The molecule has 0 bridgehead atoms. The fourth-order valence-corrected chi connectivity index (χ4v) is 4.83. The van der Waals surface area contributed by atoms with Crippen LogP contribution in [0.4, 0.5) is 5.69 Å². The fourth-order valence-electron chi connectivity index (χ4n) is 3.57. The number of hydrogen-bond acceptors (Lipinski definition) is 4. The van der Waals surface area contributed by atoms with Gasteiger partial charge in [-0.25, -0.2) is 8.42 Å². The quantitative estimate of drug-likeness (QED) is 0.874. The molecule has 2 unspecified atom stereocenters. The van der Waals surface area contributed by atoms with E-state index < -0.39 is 21.9 Å². The highest BCUT2D eigenvalue weighted by Crippen LogP contribution is 2.35. The third-order valence-corrected chi connectivity index (χ3v) is 5.93. The monoisotopic (exact) mass is 352 g/mol. The number of carbonyl (C=O) groups excluding carboxylic acids is 1. The molecule has 0 saturated carbocycles. The molecule has 0 spiro atoms. The smallest absolute Gasteiger partial charge is 0.308 e. The first-order valence-corrected chi connectivity index (χ1v) is 9.67. The topological polar surface area (TPSA) is 95.0 Å². The Hall–Kier alpha value is -2.09. The Labute approximate surface area is 140 Å². The minimum absolute atomic E-state index is 0.177. The van der Waals surface area contributed by atoms with Crippen molar-refractivity contribution in [3.63, 3.8) is 0 Å². The second-order valence-corrected chi connectivity index (χ2v) is 8.39. The minimum atomic E-state index is -3.36. The predicted octanol–water partition coefficient (Wildman–Crippen LogP) is 0.944. The highest BCUT2D eigenvalue weighted by Gasteiger charge is 2.34. The summed E-state index contributed by atoms with van der Waals surface area (Å²) in [6.45, 7) is 2.48. The van der Waals surface area contributed by atoms with E-state index in [0.717, 1.165) is 5.56 Å². The first-order valence-electron chi connectivity index (χ1n) is 7.83. The third-order valence-electron chi connectivity index (χ3n) is 4.66. The SMILES string of the molecule is CC1Cc2cc(C(=O)N3CCC(C(=O)O)C3)ccc2N1S(C)(=O)=O. The lowest BCUT2D eigenvalue weighted by atomic mass is 10.1. The molecule has 1 amide bonds. The van der Waals surface area contributed by atoms with E-state index in [9.17, 15) is 18.0 Å². The molecule has 2 aliphatic rings. The highest BCUT2D eigenvalue weighted by molar-refractivity contribution is 7.92. The molecule has 24 heavy (non-hydrogen) atoms. The van der Waals surface area contributed by atoms with Crippen molar-refractivity contribution in [1.82, 2.24) is 4.90 Å². The van der Waals surface area contributed by atoms with Gasteiger partial charge in [-0.05, 0) is 43.5 Å². The Morgan fingerprint density at radius 3 is 2.58 bits per heavy atom. The number of sulfonamides is 1. The maximum atomic E-state index is 12.6. The molecule has 130 valence electrons. The number of anilines is 1. The van der Waals surface area contributed by atoms with Crippen LogP contribution in [0.5, 0.6) is 0 Å². The van der Waals surface area contributed by atoms with Crippen molar-refractivity contribution in [2.24, 2.45) is 5.92 Å². The van der Waals surface area contributed by atoms with E-state index in [4.69, 9.17) is 5.11 Å². The lowest BCUT2D eigenvalue weighted by molar-refractivity contribution is -0.141. The molecule has 8 heteroatoms. The van der Waals surface area contributed by atoms with E-state index in [1.54, 1.807) is 23.1 Å². The van der Waals surface area contributed by atoms with Crippen LogP contribution in [0.25, 0.3) is 0 Å². The molecule has 3 rings (SSSR count). The normalized spacial score (nSPS) is 23.4. The summed E-state index contributed by atoms with van der Waals surface area (Å²) in [6, 6.07) is 4.83. The molecule has 0 radical (unpaired) electrons. The van der Waals surface area contributed by atoms with Crippen LogP contribution in [0.1, 0.15) is 29.3 Å². The summed E-state index contributed by atoms with van der Waals surface area (Å²) in [7, 11) is -3.36. The number of benzene rings is 1. The number of likely N-dealkylation sites (tertiary alicyclic amines) is 1. The van der Waals surface area contributed by atoms with Crippen molar-refractivity contribution in [2.45, 2.75) is 25.8 Å². The van der Waals surface area contributed by atoms with Crippen LogP contribution < -0.4 is 4.31 Å². The number of aliphatic carboxylic acids is 1. The number of nitrogens with zero attached hydrogens (tertiary/aromatic N) is 2. The molecule has 2 heterocycles. The van der Waals surface area contributed by atoms with Gasteiger partial charge in [0.05, 0.1) is 17.9 Å². The lowest BCUT2D eigenvalue weighted by Gasteiger charge is -2.22. The van der Waals surface area contributed by atoms with Gasteiger partial charge in [-0.1, -0.05) is 0 Å². The van der Waals surface area contributed by atoms with Crippen molar-refractivity contribution in [2.75, 3.05) is 23.7 Å². The zero-order valence-corrected chi connectivity index (χ0v) is 14.4. The molecule has 0 aromatic heterocycles. The van der Waals surface area contributed by atoms with Crippen LogP contribution >= 0.6 is 0 Å². The summed E-state index contributed by atoms with van der Waals surface area (Å²) in [5.74, 6) is -1.59. The first kappa shape index (κ1) is 16.8. The van der Waals surface area contributed by atoms with E-state index in [1.165, 1.54) is 10.6 Å². The van der Waals surface area contributed by atoms with Gasteiger partial charge in [-0.2, -0.15) is 0 Å². The Morgan fingerprint density at radius 2 is 2.00 bits per heavy atom. The number of fused-ring (bicyclic) bond motifs is 1. The van der Waals surface area contributed by atoms with Crippen LogP contribution in [-0.2, 0) is 21.2 Å². The number of rotatable bonds is 3. The van der Waals surface area contributed by atoms with E-state index >= 15 is 0 Å². The summed E-state index contributed by atoms with van der Waals surface area (Å²) in [5.41, 5.74) is 1.92. The molecule has 1 N–H and O–H groups in total. The molecule has 1 saturated heterocycles. The van der Waals surface area contributed by atoms with Crippen LogP contribution in [-0.4, -0.2) is 55.7 Å². The molecule has 0 aliphatic carbocycles. The number of hydrogen-bond donors (Lipinski definition) is 1. The highest BCUT2D eigenvalue weighted by atomic mass is 32.2. The maximum absolute atomic E-state index is 12.6. The van der Waals surface area contributed by atoms with Crippen LogP contribution in [0.3, 0.4) is 0 Å². The van der Waals surface area contributed by atoms with Crippen molar-refractivity contribution in [1.29, 1.82) is 0 Å². The second-order valence-electron chi connectivity index (χ2n) is 6.53. The minimum Gasteiger partial charge on any atom is -0.481 e. The van der Waals surface area contributed by atoms with Crippen molar-refractivity contribution in [3.05, 3.63) is 29.3 Å². The Kier molecular flexibility index (Phi) is 4.03. The number of carbonyl (C=O) groups is 2. The number of carboxylic acids is 1. The van der Waals surface area contributed by atoms with Crippen LogP contribution in [0, 0.1) is 5.92 Å². The average molecular weight is 352 g/mol. The standard InChI is InChI=1S/C16H20N2O5S/c1-10-7-13-8-11(3-4-14(13)18(10)24(2,22)23)15(19)17-6-5-12(9-17)16(20)21/h3-4,8,10,12H,5-7,9H2,1-2H3,(H,20,21). The third kappa shape index (κ3) is 2.86.